The van der Waals surface area contributed by atoms with E-state index in [4.69, 9.17) is 0 Å². The molecule has 0 bridgehead atoms. The second-order valence-electron chi connectivity index (χ2n) is 3.38. The molecule has 1 atom stereocenters. The summed E-state index contributed by atoms with van der Waals surface area (Å²) in [5.74, 6) is 0. The second-order valence-corrected chi connectivity index (χ2v) is 4.33. The van der Waals surface area contributed by atoms with Crippen molar-refractivity contribution < 1.29 is 5.11 Å². The molecule has 0 saturated heterocycles. The van der Waals surface area contributed by atoms with Crippen LogP contribution in [0, 0.1) is 6.92 Å². The molecule has 0 amide bonds. The molecule has 74 valence electrons. The molecule has 0 aromatic carbocycles. The molecular weight excluding hydrogens is 182 g/mol. The van der Waals surface area contributed by atoms with Gasteiger partial charge in [-0.2, -0.15) is 0 Å². The fraction of sp³-hybridized carbons (Fsp3) is 0.700. The van der Waals surface area contributed by atoms with Gasteiger partial charge in [-0.15, -0.1) is 11.3 Å². The molecule has 1 aromatic heterocycles. The molecule has 1 aromatic rings. The highest BCUT2D eigenvalue weighted by Crippen LogP contribution is 2.13. The molecule has 0 radical (unpaired) electrons. The minimum atomic E-state index is -0.203. The Labute approximate surface area is 83.6 Å². The molecule has 13 heavy (non-hydrogen) atoms. The van der Waals surface area contributed by atoms with Crippen molar-refractivity contribution in [2.45, 2.75) is 45.6 Å². The van der Waals surface area contributed by atoms with Gasteiger partial charge in [-0.05, 0) is 13.3 Å². The first kappa shape index (κ1) is 10.7. The van der Waals surface area contributed by atoms with Gasteiger partial charge in [-0.25, -0.2) is 4.98 Å². The second kappa shape index (κ2) is 5.35. The molecule has 1 heterocycles. The number of rotatable bonds is 5. The Hall–Kier alpha value is -0.410. The van der Waals surface area contributed by atoms with Gasteiger partial charge in [0.25, 0.3) is 0 Å². The number of hydrogen-bond donors (Lipinski definition) is 1. The average Bonchev–Trinajstić information content (AvgIpc) is 2.48. The maximum absolute atomic E-state index is 9.61. The molecule has 2 nitrogen and oxygen atoms in total. The zero-order valence-electron chi connectivity index (χ0n) is 8.29. The van der Waals surface area contributed by atoms with Crippen LogP contribution in [0.15, 0.2) is 5.38 Å². The van der Waals surface area contributed by atoms with E-state index in [-0.39, 0.29) is 6.10 Å². The van der Waals surface area contributed by atoms with Crippen LogP contribution < -0.4 is 0 Å². The summed E-state index contributed by atoms with van der Waals surface area (Å²) < 4.78 is 0. The lowest BCUT2D eigenvalue weighted by Gasteiger charge is -2.06. The van der Waals surface area contributed by atoms with Crippen molar-refractivity contribution in [2.75, 3.05) is 0 Å². The fourth-order valence-electron chi connectivity index (χ4n) is 1.24. The predicted molar refractivity (Wildman–Crippen MR) is 56.1 cm³/mol. The molecule has 1 N–H and O–H groups in total. The van der Waals surface area contributed by atoms with Crippen molar-refractivity contribution in [3.63, 3.8) is 0 Å². The normalized spacial score (nSPS) is 13.2. The SMILES string of the molecule is CCCCC(O)Cc1nc(C)cs1. The van der Waals surface area contributed by atoms with E-state index in [2.05, 4.69) is 11.9 Å². The standard InChI is InChI=1S/C10H17NOS/c1-3-4-5-9(12)6-10-11-8(2)7-13-10/h7,9,12H,3-6H2,1-2H3. The van der Waals surface area contributed by atoms with E-state index in [1.165, 1.54) is 0 Å². The van der Waals surface area contributed by atoms with Gasteiger partial charge in [-0.3, -0.25) is 0 Å². The molecular formula is C10H17NOS. The van der Waals surface area contributed by atoms with E-state index in [0.29, 0.717) is 0 Å². The van der Waals surface area contributed by atoms with E-state index in [1.807, 2.05) is 12.3 Å². The minimum Gasteiger partial charge on any atom is -0.393 e. The van der Waals surface area contributed by atoms with Crippen LogP contribution in [0.5, 0.6) is 0 Å². The van der Waals surface area contributed by atoms with Crippen LogP contribution in [0.4, 0.5) is 0 Å². The Morgan fingerprint density at radius 3 is 2.92 bits per heavy atom. The number of unbranched alkanes of at least 4 members (excludes halogenated alkanes) is 1. The Bertz CT molecular complexity index is 247. The Kier molecular flexibility index (Phi) is 4.39. The molecule has 0 saturated carbocycles. The Balaban J connectivity index is 2.31. The number of aliphatic hydroxyl groups excluding tert-OH is 1. The van der Waals surface area contributed by atoms with Crippen molar-refractivity contribution >= 4 is 11.3 Å². The zero-order chi connectivity index (χ0) is 9.68. The van der Waals surface area contributed by atoms with Crippen molar-refractivity contribution in [1.29, 1.82) is 0 Å². The predicted octanol–water partition coefficient (Wildman–Crippen LogP) is 2.55. The molecule has 0 aliphatic heterocycles. The van der Waals surface area contributed by atoms with Gasteiger partial charge in [0.05, 0.1) is 11.1 Å². The number of hydrogen-bond acceptors (Lipinski definition) is 3. The zero-order valence-corrected chi connectivity index (χ0v) is 9.10. The molecule has 1 rings (SSSR count). The van der Waals surface area contributed by atoms with E-state index >= 15 is 0 Å². The molecule has 1 unspecified atom stereocenters. The number of aryl methyl sites for hydroxylation is 1. The summed E-state index contributed by atoms with van der Waals surface area (Å²) >= 11 is 1.64. The highest BCUT2D eigenvalue weighted by Gasteiger charge is 2.07. The largest absolute Gasteiger partial charge is 0.393 e. The van der Waals surface area contributed by atoms with Gasteiger partial charge >= 0.3 is 0 Å². The van der Waals surface area contributed by atoms with Crippen molar-refractivity contribution in [1.82, 2.24) is 4.98 Å². The minimum absolute atomic E-state index is 0.203. The molecule has 0 aliphatic rings. The Morgan fingerprint density at radius 1 is 1.62 bits per heavy atom. The van der Waals surface area contributed by atoms with Crippen molar-refractivity contribution in [3.05, 3.63) is 16.1 Å². The van der Waals surface area contributed by atoms with E-state index < -0.39 is 0 Å². The van der Waals surface area contributed by atoms with Crippen molar-refractivity contribution in [3.8, 4) is 0 Å². The first-order valence-corrected chi connectivity index (χ1v) is 5.69. The summed E-state index contributed by atoms with van der Waals surface area (Å²) in [4.78, 5) is 4.32. The first-order valence-electron chi connectivity index (χ1n) is 4.81. The summed E-state index contributed by atoms with van der Waals surface area (Å²) in [6, 6.07) is 0. The van der Waals surface area contributed by atoms with E-state index in [0.717, 1.165) is 36.4 Å². The van der Waals surface area contributed by atoms with E-state index in [9.17, 15) is 5.11 Å². The summed E-state index contributed by atoms with van der Waals surface area (Å²) in [5.41, 5.74) is 1.06. The van der Waals surface area contributed by atoms with Crippen LogP contribution in [0.1, 0.15) is 36.9 Å². The lowest BCUT2D eigenvalue weighted by atomic mass is 10.1. The fourth-order valence-corrected chi connectivity index (χ4v) is 2.08. The maximum atomic E-state index is 9.61. The molecule has 0 fully saturated rings. The third-order valence-electron chi connectivity index (χ3n) is 1.97. The highest BCUT2D eigenvalue weighted by atomic mass is 32.1. The summed E-state index contributed by atoms with van der Waals surface area (Å²) in [5, 5.41) is 12.7. The number of aromatic nitrogens is 1. The third kappa shape index (κ3) is 3.87. The summed E-state index contributed by atoms with van der Waals surface area (Å²) in [6.07, 6.45) is 3.66. The molecule has 0 spiro atoms. The van der Waals surface area contributed by atoms with Crippen LogP contribution in [-0.4, -0.2) is 16.2 Å². The maximum Gasteiger partial charge on any atom is 0.0953 e. The van der Waals surface area contributed by atoms with Crippen LogP contribution in [0.2, 0.25) is 0 Å². The summed E-state index contributed by atoms with van der Waals surface area (Å²) in [6.45, 7) is 4.12. The van der Waals surface area contributed by atoms with Crippen LogP contribution in [-0.2, 0) is 6.42 Å². The van der Waals surface area contributed by atoms with Gasteiger partial charge in [0.1, 0.15) is 0 Å². The average molecular weight is 199 g/mol. The topological polar surface area (TPSA) is 33.1 Å². The monoisotopic (exact) mass is 199 g/mol. The van der Waals surface area contributed by atoms with Gasteiger partial charge in [0.2, 0.25) is 0 Å². The lowest BCUT2D eigenvalue weighted by molar-refractivity contribution is 0.161. The van der Waals surface area contributed by atoms with Gasteiger partial charge in [0, 0.05) is 17.5 Å². The summed E-state index contributed by atoms with van der Waals surface area (Å²) in [7, 11) is 0. The number of thiazole rings is 1. The smallest absolute Gasteiger partial charge is 0.0953 e. The molecule has 0 aliphatic carbocycles. The quantitative estimate of drug-likeness (QED) is 0.790. The van der Waals surface area contributed by atoms with Gasteiger partial charge in [0.15, 0.2) is 0 Å². The van der Waals surface area contributed by atoms with Crippen LogP contribution in [0.25, 0.3) is 0 Å². The van der Waals surface area contributed by atoms with E-state index in [1.54, 1.807) is 11.3 Å². The lowest BCUT2D eigenvalue weighted by Crippen LogP contribution is -2.09. The van der Waals surface area contributed by atoms with Gasteiger partial charge in [-0.1, -0.05) is 19.8 Å². The van der Waals surface area contributed by atoms with Gasteiger partial charge < -0.3 is 5.11 Å². The third-order valence-corrected chi connectivity index (χ3v) is 2.96. The number of aliphatic hydroxyl groups is 1. The van der Waals surface area contributed by atoms with Crippen LogP contribution in [0.3, 0.4) is 0 Å². The van der Waals surface area contributed by atoms with Crippen molar-refractivity contribution in [2.24, 2.45) is 0 Å². The Morgan fingerprint density at radius 2 is 2.38 bits per heavy atom. The highest BCUT2D eigenvalue weighted by molar-refractivity contribution is 7.09. The first-order chi connectivity index (χ1) is 6.22. The van der Waals surface area contributed by atoms with Crippen LogP contribution >= 0.6 is 11.3 Å². The molecule has 3 heteroatoms. The number of nitrogens with zero attached hydrogens (tertiary/aromatic N) is 1.